The lowest BCUT2D eigenvalue weighted by atomic mass is 9.89. The Morgan fingerprint density at radius 1 is 1.30 bits per heavy atom. The first-order valence-corrected chi connectivity index (χ1v) is 7.24. The lowest BCUT2D eigenvalue weighted by Gasteiger charge is -2.18. The third-order valence-corrected chi connectivity index (χ3v) is 3.62. The second-order valence-electron chi connectivity index (χ2n) is 4.96. The summed E-state index contributed by atoms with van der Waals surface area (Å²) in [6.45, 7) is 2.81. The van der Waals surface area contributed by atoms with E-state index in [2.05, 4.69) is 5.32 Å². The van der Waals surface area contributed by atoms with Gasteiger partial charge in [0.05, 0.1) is 11.1 Å². The van der Waals surface area contributed by atoms with E-state index in [1.165, 1.54) is 38.1 Å². The van der Waals surface area contributed by atoms with Gasteiger partial charge in [0.2, 0.25) is 15.9 Å². The molecule has 0 aliphatic heterocycles. The highest BCUT2D eigenvalue weighted by Crippen LogP contribution is 2.23. The van der Waals surface area contributed by atoms with E-state index >= 15 is 0 Å². The molecular formula is C12H16N2O5S. The van der Waals surface area contributed by atoms with Crippen LogP contribution < -0.4 is 10.5 Å². The molecule has 1 aromatic rings. The van der Waals surface area contributed by atoms with Gasteiger partial charge in [-0.15, -0.1) is 0 Å². The first-order chi connectivity index (χ1) is 9.04. The van der Waals surface area contributed by atoms with Crippen LogP contribution in [0.5, 0.6) is 0 Å². The number of hydrogen-bond donors (Lipinski definition) is 3. The van der Waals surface area contributed by atoms with Crippen molar-refractivity contribution in [3.8, 4) is 0 Å². The summed E-state index contributed by atoms with van der Waals surface area (Å²) in [5, 5.41) is 16.3. The normalized spacial score (nSPS) is 11.9. The van der Waals surface area contributed by atoms with Crippen molar-refractivity contribution in [1.29, 1.82) is 0 Å². The summed E-state index contributed by atoms with van der Waals surface area (Å²) < 4.78 is 22.7. The van der Waals surface area contributed by atoms with Crippen molar-refractivity contribution < 1.29 is 23.1 Å². The smallest absolute Gasteiger partial charge is 0.309 e. The number of para-hydroxylation sites is 1. The van der Waals surface area contributed by atoms with Gasteiger partial charge in [-0.2, -0.15) is 0 Å². The number of nitrogens with two attached hydrogens (primary N) is 1. The summed E-state index contributed by atoms with van der Waals surface area (Å²) in [6, 6.07) is 5.64. The number of hydrogen-bond acceptors (Lipinski definition) is 4. The molecule has 0 heterocycles. The predicted octanol–water partition coefficient (Wildman–Crippen LogP) is 0.773. The fourth-order valence-corrected chi connectivity index (χ4v) is 2.18. The van der Waals surface area contributed by atoms with Gasteiger partial charge in [0, 0.05) is 6.42 Å². The van der Waals surface area contributed by atoms with E-state index in [1.54, 1.807) is 0 Å². The van der Waals surface area contributed by atoms with E-state index < -0.39 is 27.3 Å². The summed E-state index contributed by atoms with van der Waals surface area (Å²) in [5.74, 6) is -1.72. The van der Waals surface area contributed by atoms with Crippen LogP contribution >= 0.6 is 0 Å². The van der Waals surface area contributed by atoms with E-state index in [0.29, 0.717) is 0 Å². The standard InChI is InChI=1S/C12H16N2O5S/c1-12(2,11(16)17)7-10(15)14-8-5-3-4-6-9(8)20(13,18)19/h3-6H,7H2,1-2H3,(H,14,15)(H,16,17)(H2,13,18,19). The lowest BCUT2D eigenvalue weighted by Crippen LogP contribution is -2.30. The molecule has 0 aromatic heterocycles. The zero-order chi connectivity index (χ0) is 15.6. The van der Waals surface area contributed by atoms with Gasteiger partial charge in [0.25, 0.3) is 0 Å². The van der Waals surface area contributed by atoms with Crippen LogP contribution in [0, 0.1) is 5.41 Å². The molecule has 0 saturated heterocycles. The van der Waals surface area contributed by atoms with Crippen LogP contribution in [0.15, 0.2) is 29.2 Å². The summed E-state index contributed by atoms with van der Waals surface area (Å²) in [6.07, 6.45) is -0.290. The van der Waals surface area contributed by atoms with Crippen molar-refractivity contribution in [1.82, 2.24) is 0 Å². The number of sulfonamides is 1. The minimum absolute atomic E-state index is 0.0289. The molecule has 20 heavy (non-hydrogen) atoms. The average molecular weight is 300 g/mol. The van der Waals surface area contributed by atoms with Crippen LogP contribution in [-0.4, -0.2) is 25.4 Å². The monoisotopic (exact) mass is 300 g/mol. The Kier molecular flexibility index (Phi) is 4.51. The Morgan fingerprint density at radius 2 is 1.85 bits per heavy atom. The molecule has 0 radical (unpaired) electrons. The molecule has 110 valence electrons. The van der Waals surface area contributed by atoms with Crippen LogP contribution in [0.4, 0.5) is 5.69 Å². The van der Waals surface area contributed by atoms with Gasteiger partial charge in [-0.1, -0.05) is 12.1 Å². The second kappa shape index (κ2) is 5.59. The van der Waals surface area contributed by atoms with Crippen LogP contribution in [0.25, 0.3) is 0 Å². The quantitative estimate of drug-likeness (QED) is 0.740. The molecule has 0 spiro atoms. The Balaban J connectivity index is 2.96. The predicted molar refractivity (Wildman–Crippen MR) is 72.5 cm³/mol. The van der Waals surface area contributed by atoms with Gasteiger partial charge in [-0.05, 0) is 26.0 Å². The number of carboxylic acids is 1. The lowest BCUT2D eigenvalue weighted by molar-refractivity contribution is -0.148. The number of nitrogens with one attached hydrogen (secondary N) is 1. The van der Waals surface area contributed by atoms with Crippen LogP contribution in [0.3, 0.4) is 0 Å². The molecule has 0 atom stereocenters. The first kappa shape index (κ1) is 16.1. The molecule has 4 N–H and O–H groups in total. The zero-order valence-corrected chi connectivity index (χ0v) is 11.9. The molecule has 0 unspecified atom stereocenters. The molecule has 0 aliphatic carbocycles. The van der Waals surface area contributed by atoms with Gasteiger partial charge in [-0.3, -0.25) is 9.59 Å². The summed E-state index contributed by atoms with van der Waals surface area (Å²) >= 11 is 0. The second-order valence-corrected chi connectivity index (χ2v) is 6.49. The number of aliphatic carboxylic acids is 1. The van der Waals surface area contributed by atoms with E-state index in [1.807, 2.05) is 0 Å². The van der Waals surface area contributed by atoms with Gasteiger partial charge < -0.3 is 10.4 Å². The first-order valence-electron chi connectivity index (χ1n) is 5.69. The van der Waals surface area contributed by atoms with E-state index in [4.69, 9.17) is 10.2 Å². The molecule has 0 aliphatic rings. The van der Waals surface area contributed by atoms with E-state index in [0.717, 1.165) is 0 Å². The molecule has 1 rings (SSSR count). The van der Waals surface area contributed by atoms with E-state index in [9.17, 15) is 18.0 Å². The number of rotatable bonds is 5. The minimum Gasteiger partial charge on any atom is -0.481 e. The SMILES string of the molecule is CC(C)(CC(=O)Nc1ccccc1S(N)(=O)=O)C(=O)O. The minimum atomic E-state index is -3.97. The number of carbonyl (C=O) groups excluding carboxylic acids is 1. The number of amides is 1. The summed E-state index contributed by atoms with van der Waals surface area (Å²) in [7, 11) is -3.97. The highest BCUT2D eigenvalue weighted by Gasteiger charge is 2.30. The topological polar surface area (TPSA) is 127 Å². The summed E-state index contributed by atoms with van der Waals surface area (Å²) in [5.41, 5.74) is -1.22. The van der Waals surface area contributed by atoms with Crippen molar-refractivity contribution in [2.24, 2.45) is 10.6 Å². The Bertz CT molecular complexity index is 637. The molecule has 7 nitrogen and oxygen atoms in total. The maximum atomic E-state index is 11.8. The zero-order valence-electron chi connectivity index (χ0n) is 11.1. The number of carboxylic acid groups (broad SMARTS) is 1. The number of carbonyl (C=O) groups is 2. The van der Waals surface area contributed by atoms with Crippen molar-refractivity contribution in [2.45, 2.75) is 25.2 Å². The number of benzene rings is 1. The number of primary sulfonamides is 1. The Morgan fingerprint density at radius 3 is 2.35 bits per heavy atom. The van der Waals surface area contributed by atoms with Crippen LogP contribution in [0.1, 0.15) is 20.3 Å². The van der Waals surface area contributed by atoms with Gasteiger partial charge in [-0.25, -0.2) is 13.6 Å². The maximum absolute atomic E-state index is 11.8. The van der Waals surface area contributed by atoms with Crippen LogP contribution in [-0.2, 0) is 19.6 Å². The van der Waals surface area contributed by atoms with Crippen molar-refractivity contribution >= 4 is 27.6 Å². The van der Waals surface area contributed by atoms with Gasteiger partial charge in [0.1, 0.15) is 4.90 Å². The average Bonchev–Trinajstić information content (AvgIpc) is 2.26. The fourth-order valence-electron chi connectivity index (χ4n) is 1.49. The molecule has 8 heteroatoms. The third-order valence-electron chi connectivity index (χ3n) is 2.65. The Hall–Kier alpha value is -1.93. The van der Waals surface area contributed by atoms with E-state index in [-0.39, 0.29) is 17.0 Å². The highest BCUT2D eigenvalue weighted by molar-refractivity contribution is 7.89. The third kappa shape index (κ3) is 4.04. The summed E-state index contributed by atoms with van der Waals surface area (Å²) in [4.78, 5) is 22.5. The molecule has 1 amide bonds. The van der Waals surface area contributed by atoms with Gasteiger partial charge >= 0.3 is 5.97 Å². The maximum Gasteiger partial charge on any atom is 0.309 e. The molecule has 0 bridgehead atoms. The number of anilines is 1. The molecular weight excluding hydrogens is 284 g/mol. The fraction of sp³-hybridized carbons (Fsp3) is 0.333. The van der Waals surface area contributed by atoms with Crippen molar-refractivity contribution in [3.05, 3.63) is 24.3 Å². The molecule has 1 aromatic carbocycles. The highest BCUT2D eigenvalue weighted by atomic mass is 32.2. The molecule has 0 fully saturated rings. The van der Waals surface area contributed by atoms with Crippen molar-refractivity contribution in [2.75, 3.05) is 5.32 Å². The molecule has 0 saturated carbocycles. The largest absolute Gasteiger partial charge is 0.481 e. The van der Waals surface area contributed by atoms with Crippen LogP contribution in [0.2, 0.25) is 0 Å². The van der Waals surface area contributed by atoms with Crippen molar-refractivity contribution in [3.63, 3.8) is 0 Å². The Labute approximate surface area is 116 Å². The van der Waals surface area contributed by atoms with Gasteiger partial charge in [0.15, 0.2) is 0 Å².